The molecule has 0 aliphatic carbocycles. The lowest BCUT2D eigenvalue weighted by Crippen LogP contribution is -1.89. The molecule has 3 rings (SSSR count). The fourth-order valence-corrected chi connectivity index (χ4v) is 1.87. The predicted molar refractivity (Wildman–Crippen MR) is 66.0 cm³/mol. The predicted octanol–water partition coefficient (Wildman–Crippen LogP) is 3.89. The van der Waals surface area contributed by atoms with Gasteiger partial charge in [-0.1, -0.05) is 42.5 Å². The second kappa shape index (κ2) is 4.37. The highest BCUT2D eigenvalue weighted by molar-refractivity contribution is 5.70. The molecular formula is C13H10N4O. The molecule has 0 aromatic heterocycles. The topological polar surface area (TPSA) is 69.7 Å². The Labute approximate surface area is 104 Å². The average molecular weight is 238 g/mol. The molecule has 0 bridgehead atoms. The number of phenols is 1. The number of aromatic hydroxyl groups is 1. The third kappa shape index (κ3) is 1.86. The molecule has 1 N–H and O–H groups in total. The zero-order valence-corrected chi connectivity index (χ0v) is 9.43. The highest BCUT2D eigenvalue weighted by Crippen LogP contribution is 2.33. The molecule has 5 nitrogen and oxygen atoms in total. The van der Waals surface area contributed by atoms with E-state index >= 15 is 0 Å². The van der Waals surface area contributed by atoms with Crippen molar-refractivity contribution in [2.24, 2.45) is 20.7 Å². The van der Waals surface area contributed by atoms with Gasteiger partial charge in [-0.05, 0) is 22.1 Å². The maximum absolute atomic E-state index is 10.1. The third-order valence-electron chi connectivity index (χ3n) is 2.77. The van der Waals surface area contributed by atoms with Crippen molar-refractivity contribution >= 4 is 0 Å². The van der Waals surface area contributed by atoms with E-state index in [9.17, 15) is 5.11 Å². The van der Waals surface area contributed by atoms with E-state index in [1.54, 1.807) is 6.07 Å². The van der Waals surface area contributed by atoms with Crippen molar-refractivity contribution in [3.05, 3.63) is 54.1 Å². The Morgan fingerprint density at radius 2 is 1.61 bits per heavy atom. The number of hydrogen-bond acceptors (Lipinski definition) is 5. The summed E-state index contributed by atoms with van der Waals surface area (Å²) in [5.41, 5.74) is 2.53. The van der Waals surface area contributed by atoms with Crippen molar-refractivity contribution in [1.29, 1.82) is 0 Å². The molecule has 88 valence electrons. The molecule has 0 unspecified atom stereocenters. The first-order valence-corrected chi connectivity index (χ1v) is 5.53. The zero-order chi connectivity index (χ0) is 12.4. The molecule has 0 radical (unpaired) electrons. The Hall–Kier alpha value is -2.56. The molecule has 1 aliphatic rings. The van der Waals surface area contributed by atoms with E-state index in [0.29, 0.717) is 0 Å². The molecule has 2 aromatic rings. The summed E-state index contributed by atoms with van der Waals surface area (Å²) in [7, 11) is 0. The van der Waals surface area contributed by atoms with Crippen molar-refractivity contribution < 1.29 is 5.11 Å². The minimum atomic E-state index is -0.430. The molecule has 18 heavy (non-hydrogen) atoms. The molecule has 1 aliphatic heterocycles. The SMILES string of the molecule is Oc1cc(C2N=NN=N2)ccc1-c1ccccc1. The van der Waals surface area contributed by atoms with Crippen LogP contribution in [0.4, 0.5) is 0 Å². The van der Waals surface area contributed by atoms with Crippen molar-refractivity contribution in [2.45, 2.75) is 6.17 Å². The van der Waals surface area contributed by atoms with Gasteiger partial charge in [0.25, 0.3) is 0 Å². The van der Waals surface area contributed by atoms with E-state index in [0.717, 1.165) is 16.7 Å². The largest absolute Gasteiger partial charge is 0.507 e. The zero-order valence-electron chi connectivity index (χ0n) is 9.43. The van der Waals surface area contributed by atoms with E-state index in [1.807, 2.05) is 42.5 Å². The van der Waals surface area contributed by atoms with Gasteiger partial charge in [0, 0.05) is 11.1 Å². The van der Waals surface area contributed by atoms with Gasteiger partial charge in [-0.3, -0.25) is 0 Å². The Morgan fingerprint density at radius 3 is 2.28 bits per heavy atom. The van der Waals surface area contributed by atoms with Gasteiger partial charge in [0.1, 0.15) is 5.75 Å². The van der Waals surface area contributed by atoms with Crippen LogP contribution in [-0.2, 0) is 0 Å². The van der Waals surface area contributed by atoms with Gasteiger partial charge in [0.05, 0.1) is 0 Å². The standard InChI is InChI=1S/C13H10N4O/c18-12-8-10(13-14-16-17-15-13)6-7-11(12)9-4-2-1-3-5-9/h1-8,13,18H. The first-order chi connectivity index (χ1) is 8.84. The minimum absolute atomic E-state index is 0.205. The van der Waals surface area contributed by atoms with Gasteiger partial charge in [0.2, 0.25) is 6.17 Å². The van der Waals surface area contributed by atoms with Crippen LogP contribution in [0.25, 0.3) is 11.1 Å². The summed E-state index contributed by atoms with van der Waals surface area (Å²) in [4.78, 5) is 0. The summed E-state index contributed by atoms with van der Waals surface area (Å²) in [5, 5.41) is 24.6. The van der Waals surface area contributed by atoms with Crippen LogP contribution in [0.5, 0.6) is 5.75 Å². The van der Waals surface area contributed by atoms with E-state index in [4.69, 9.17) is 0 Å². The molecule has 0 saturated heterocycles. The smallest absolute Gasteiger partial charge is 0.210 e. The summed E-state index contributed by atoms with van der Waals surface area (Å²) < 4.78 is 0. The van der Waals surface area contributed by atoms with E-state index in [2.05, 4.69) is 20.7 Å². The number of phenolic OH excluding ortho intramolecular Hbond substituents is 1. The number of benzene rings is 2. The normalized spacial score (nSPS) is 14.2. The van der Waals surface area contributed by atoms with Gasteiger partial charge in [0.15, 0.2) is 0 Å². The van der Waals surface area contributed by atoms with E-state index in [-0.39, 0.29) is 5.75 Å². The van der Waals surface area contributed by atoms with Gasteiger partial charge >= 0.3 is 0 Å². The van der Waals surface area contributed by atoms with Crippen LogP contribution in [0.1, 0.15) is 11.7 Å². The Balaban J connectivity index is 1.99. The Kier molecular flexibility index (Phi) is 2.57. The Morgan fingerprint density at radius 1 is 0.889 bits per heavy atom. The summed E-state index contributed by atoms with van der Waals surface area (Å²) in [6, 6.07) is 15.1. The van der Waals surface area contributed by atoms with Crippen LogP contribution in [0.2, 0.25) is 0 Å². The van der Waals surface area contributed by atoms with Gasteiger partial charge < -0.3 is 5.11 Å². The molecular weight excluding hydrogens is 228 g/mol. The van der Waals surface area contributed by atoms with Gasteiger partial charge in [-0.2, -0.15) is 0 Å². The first kappa shape index (κ1) is 10.6. The van der Waals surface area contributed by atoms with Crippen molar-refractivity contribution in [2.75, 3.05) is 0 Å². The lowest BCUT2D eigenvalue weighted by atomic mass is 10.0. The quantitative estimate of drug-likeness (QED) is 0.847. The van der Waals surface area contributed by atoms with Crippen LogP contribution in [0, 0.1) is 0 Å². The summed E-state index contributed by atoms with van der Waals surface area (Å²) in [6.07, 6.45) is -0.430. The summed E-state index contributed by atoms with van der Waals surface area (Å²) >= 11 is 0. The van der Waals surface area contributed by atoms with Gasteiger partial charge in [-0.15, -0.1) is 10.2 Å². The van der Waals surface area contributed by atoms with Crippen LogP contribution in [0.15, 0.2) is 69.2 Å². The molecule has 0 saturated carbocycles. The van der Waals surface area contributed by atoms with Crippen LogP contribution >= 0.6 is 0 Å². The molecule has 5 heteroatoms. The van der Waals surface area contributed by atoms with Crippen molar-refractivity contribution in [3.63, 3.8) is 0 Å². The summed E-state index contributed by atoms with van der Waals surface area (Å²) in [5.74, 6) is 0.205. The second-order valence-corrected chi connectivity index (χ2v) is 3.93. The molecule has 0 fully saturated rings. The number of hydrogen-bond donors (Lipinski definition) is 1. The lowest BCUT2D eigenvalue weighted by Gasteiger charge is -2.07. The van der Waals surface area contributed by atoms with E-state index in [1.165, 1.54) is 0 Å². The van der Waals surface area contributed by atoms with Crippen LogP contribution in [-0.4, -0.2) is 5.11 Å². The number of nitrogens with zero attached hydrogens (tertiary/aromatic N) is 4. The maximum Gasteiger partial charge on any atom is 0.210 e. The van der Waals surface area contributed by atoms with Crippen molar-refractivity contribution in [3.8, 4) is 16.9 Å². The lowest BCUT2D eigenvalue weighted by molar-refractivity contribution is 0.476. The van der Waals surface area contributed by atoms with Gasteiger partial charge in [-0.25, -0.2) is 0 Å². The molecule has 2 aromatic carbocycles. The van der Waals surface area contributed by atoms with Crippen LogP contribution < -0.4 is 0 Å². The van der Waals surface area contributed by atoms with E-state index < -0.39 is 6.17 Å². The minimum Gasteiger partial charge on any atom is -0.507 e. The maximum atomic E-state index is 10.1. The fraction of sp³-hybridized carbons (Fsp3) is 0.0769. The first-order valence-electron chi connectivity index (χ1n) is 5.53. The monoisotopic (exact) mass is 238 g/mol. The number of rotatable bonds is 2. The fourth-order valence-electron chi connectivity index (χ4n) is 1.87. The molecule has 0 atom stereocenters. The highest BCUT2D eigenvalue weighted by atomic mass is 16.3. The van der Waals surface area contributed by atoms with Crippen molar-refractivity contribution in [1.82, 2.24) is 0 Å². The second-order valence-electron chi connectivity index (χ2n) is 3.93. The van der Waals surface area contributed by atoms with Crippen LogP contribution in [0.3, 0.4) is 0 Å². The summed E-state index contributed by atoms with van der Waals surface area (Å²) in [6.45, 7) is 0. The molecule has 0 amide bonds. The Bertz CT molecular complexity index is 610. The highest BCUT2D eigenvalue weighted by Gasteiger charge is 2.14. The third-order valence-corrected chi connectivity index (χ3v) is 2.77. The molecule has 1 heterocycles. The average Bonchev–Trinajstić information content (AvgIpc) is 2.93. The molecule has 0 spiro atoms.